The minimum absolute atomic E-state index is 0.203. The molecule has 8 nitrogen and oxygen atoms in total. The number of carbonyl (C=O) groups is 4. The van der Waals surface area contributed by atoms with Gasteiger partial charge in [0.15, 0.2) is 11.2 Å². The molecular weight excluding hydrogens is 512 g/mol. The first-order chi connectivity index (χ1) is 19.0. The largest absolute Gasteiger partial charge is 0.481 e. The monoisotopic (exact) mass is 570 g/mol. The lowest BCUT2D eigenvalue weighted by Crippen LogP contribution is -2.71. The van der Waals surface area contributed by atoms with Crippen LogP contribution in [0.25, 0.3) is 0 Å². The van der Waals surface area contributed by atoms with Gasteiger partial charge in [-0.2, -0.15) is 0 Å². The van der Waals surface area contributed by atoms with Crippen molar-refractivity contribution in [2.75, 3.05) is 0 Å². The fourth-order valence-electron chi connectivity index (χ4n) is 6.26. The predicted octanol–water partition coefficient (Wildman–Crippen LogP) is 7.78. The van der Waals surface area contributed by atoms with Crippen molar-refractivity contribution >= 4 is 23.7 Å². The average molecular weight is 571 g/mol. The number of aliphatic hydroxyl groups is 1. The summed E-state index contributed by atoms with van der Waals surface area (Å²) in [6, 6.07) is 0. The predicted molar refractivity (Wildman–Crippen MR) is 157 cm³/mol. The lowest BCUT2D eigenvalue weighted by atomic mass is 9.52. The number of hydrogen-bond donors (Lipinski definition) is 4. The molecule has 234 valence electrons. The van der Waals surface area contributed by atoms with Crippen LogP contribution in [0.2, 0.25) is 0 Å². The molecule has 0 aliphatic rings. The van der Waals surface area contributed by atoms with Crippen LogP contribution in [0.5, 0.6) is 0 Å². The van der Waals surface area contributed by atoms with Gasteiger partial charge in [-0.15, -0.1) is 0 Å². The maximum absolute atomic E-state index is 13.2. The minimum Gasteiger partial charge on any atom is -0.481 e. The first kappa shape index (κ1) is 38.0. The fourth-order valence-corrected chi connectivity index (χ4v) is 6.26. The molecule has 4 N–H and O–H groups in total. The van der Waals surface area contributed by atoms with E-state index in [0.29, 0.717) is 32.1 Å². The third-order valence-corrected chi connectivity index (χ3v) is 8.81. The van der Waals surface area contributed by atoms with Crippen molar-refractivity contribution in [3.05, 3.63) is 0 Å². The van der Waals surface area contributed by atoms with E-state index >= 15 is 0 Å². The van der Waals surface area contributed by atoms with E-state index < -0.39 is 46.5 Å². The van der Waals surface area contributed by atoms with Crippen LogP contribution < -0.4 is 0 Å². The second-order valence-electron chi connectivity index (χ2n) is 11.7. The Labute approximate surface area is 242 Å². The van der Waals surface area contributed by atoms with Gasteiger partial charge in [-0.3, -0.25) is 14.4 Å². The van der Waals surface area contributed by atoms with E-state index in [1.807, 2.05) is 0 Å². The van der Waals surface area contributed by atoms with Gasteiger partial charge in [0.25, 0.3) is 0 Å². The van der Waals surface area contributed by atoms with Gasteiger partial charge < -0.3 is 20.4 Å². The van der Waals surface area contributed by atoms with E-state index in [-0.39, 0.29) is 19.3 Å². The maximum Gasteiger partial charge on any atom is 0.338 e. The number of hydrogen-bond acceptors (Lipinski definition) is 5. The zero-order valence-corrected chi connectivity index (χ0v) is 25.8. The third-order valence-electron chi connectivity index (χ3n) is 8.81. The van der Waals surface area contributed by atoms with Crippen LogP contribution in [0.1, 0.15) is 163 Å². The summed E-state index contributed by atoms with van der Waals surface area (Å²) in [5.74, 6) is -6.28. The van der Waals surface area contributed by atoms with Crippen molar-refractivity contribution in [2.24, 2.45) is 10.8 Å². The van der Waals surface area contributed by atoms with Crippen LogP contribution in [-0.2, 0) is 19.2 Å². The molecule has 0 saturated carbocycles. The summed E-state index contributed by atoms with van der Waals surface area (Å²) < 4.78 is 0. The number of unbranched alkanes of at least 4 members (excludes halogenated alkanes) is 15. The molecule has 0 aromatic rings. The molecule has 0 aromatic carbocycles. The van der Waals surface area contributed by atoms with Gasteiger partial charge in [0, 0.05) is 0 Å². The van der Waals surface area contributed by atoms with Crippen LogP contribution in [0, 0.1) is 10.8 Å². The van der Waals surface area contributed by atoms with Gasteiger partial charge in [0.2, 0.25) is 5.60 Å². The number of carboxylic acid groups (broad SMARTS) is 3. The van der Waals surface area contributed by atoms with Crippen molar-refractivity contribution in [3.63, 3.8) is 0 Å². The molecule has 0 radical (unpaired) electrons. The van der Waals surface area contributed by atoms with Gasteiger partial charge in [0.1, 0.15) is 5.41 Å². The Hall–Kier alpha value is -1.96. The third kappa shape index (κ3) is 9.85. The summed E-state index contributed by atoms with van der Waals surface area (Å²) in [5.41, 5.74) is -8.40. The van der Waals surface area contributed by atoms with Crippen molar-refractivity contribution in [1.29, 1.82) is 0 Å². The van der Waals surface area contributed by atoms with E-state index in [2.05, 4.69) is 20.8 Å². The minimum atomic E-state index is -3.31. The first-order valence-electron chi connectivity index (χ1n) is 15.9. The number of carbonyl (C=O) groups excluding carboxylic acids is 1. The Morgan fingerprint density at radius 1 is 0.475 bits per heavy atom. The fraction of sp³-hybridized carbons (Fsp3) is 0.875. The highest BCUT2D eigenvalue weighted by atomic mass is 16.4. The van der Waals surface area contributed by atoms with E-state index in [4.69, 9.17) is 0 Å². The molecule has 2 unspecified atom stereocenters. The van der Waals surface area contributed by atoms with Crippen molar-refractivity contribution < 1.29 is 39.6 Å². The van der Waals surface area contributed by atoms with Crippen molar-refractivity contribution in [2.45, 2.75) is 168 Å². The second kappa shape index (κ2) is 20.0. The normalized spacial score (nSPS) is 14.8. The SMILES string of the molecule is CCCCCCCCC(CCCCCCCC)(C(=O)O)C(O)(C(=O)O)C(CCCCCCCC)(C(C)=O)C(=O)O. The smallest absolute Gasteiger partial charge is 0.338 e. The molecule has 8 heteroatoms. The summed E-state index contributed by atoms with van der Waals surface area (Å²) >= 11 is 0. The highest BCUT2D eigenvalue weighted by Crippen LogP contribution is 2.54. The number of aliphatic carboxylic acids is 3. The quantitative estimate of drug-likeness (QED) is 0.0577. The Balaban J connectivity index is 6.60. The molecule has 0 spiro atoms. The van der Waals surface area contributed by atoms with Gasteiger partial charge in [-0.05, 0) is 26.2 Å². The standard InChI is InChI=1S/C32H58O8/c1-5-8-11-14-17-20-23-30(27(34)35,24-21-18-15-12-9-6-2)32(40,29(38)39)31(26(4)33,28(36)37)25-22-19-16-13-10-7-3/h40H,5-25H2,1-4H3,(H,34,35)(H,36,37)(H,38,39). The number of rotatable bonds is 27. The first-order valence-corrected chi connectivity index (χ1v) is 15.9. The highest BCUT2D eigenvalue weighted by molar-refractivity contribution is 6.10. The van der Waals surface area contributed by atoms with Crippen LogP contribution in [0.15, 0.2) is 0 Å². The molecule has 0 aliphatic heterocycles. The van der Waals surface area contributed by atoms with Crippen molar-refractivity contribution in [1.82, 2.24) is 0 Å². The Morgan fingerprint density at radius 2 is 0.800 bits per heavy atom. The molecule has 40 heavy (non-hydrogen) atoms. The van der Waals surface area contributed by atoms with Crippen LogP contribution in [0.4, 0.5) is 0 Å². The molecule has 0 bridgehead atoms. The molecule has 0 rings (SSSR count). The average Bonchev–Trinajstić information content (AvgIpc) is 2.89. The van der Waals surface area contributed by atoms with Crippen molar-refractivity contribution in [3.8, 4) is 0 Å². The van der Waals surface area contributed by atoms with Gasteiger partial charge >= 0.3 is 17.9 Å². The Morgan fingerprint density at radius 3 is 1.07 bits per heavy atom. The van der Waals surface area contributed by atoms with Crippen LogP contribution >= 0.6 is 0 Å². The molecule has 0 aromatic heterocycles. The van der Waals surface area contributed by atoms with Crippen LogP contribution in [0.3, 0.4) is 0 Å². The number of Topliss-reactive ketones (excluding diaryl/α,β-unsaturated/α-hetero) is 1. The van der Waals surface area contributed by atoms with Gasteiger partial charge in [-0.1, -0.05) is 136 Å². The molecular formula is C32H58O8. The summed E-state index contributed by atoms with van der Waals surface area (Å²) in [7, 11) is 0. The molecule has 0 aliphatic carbocycles. The molecule has 2 atom stereocenters. The van der Waals surface area contributed by atoms with Gasteiger partial charge in [-0.25, -0.2) is 4.79 Å². The van der Waals surface area contributed by atoms with Gasteiger partial charge in [0.05, 0.1) is 0 Å². The lowest BCUT2D eigenvalue weighted by Gasteiger charge is -2.50. The summed E-state index contributed by atoms with van der Waals surface area (Å²) in [6.45, 7) is 7.21. The molecule has 0 saturated heterocycles. The zero-order valence-electron chi connectivity index (χ0n) is 25.8. The lowest BCUT2D eigenvalue weighted by molar-refractivity contribution is -0.223. The summed E-state index contributed by atoms with van der Waals surface area (Å²) in [6.07, 6.45) is 13.3. The Bertz CT molecular complexity index is 732. The van der Waals surface area contributed by atoms with E-state index in [1.165, 1.54) is 0 Å². The highest BCUT2D eigenvalue weighted by Gasteiger charge is 2.74. The topological polar surface area (TPSA) is 149 Å². The van der Waals surface area contributed by atoms with E-state index in [1.54, 1.807) is 0 Å². The maximum atomic E-state index is 13.2. The summed E-state index contributed by atoms with van der Waals surface area (Å²) in [4.78, 5) is 52.2. The summed E-state index contributed by atoms with van der Waals surface area (Å²) in [5, 5.41) is 43.8. The molecule has 0 heterocycles. The van der Waals surface area contributed by atoms with Crippen LogP contribution in [-0.4, -0.2) is 49.7 Å². The number of carboxylic acids is 3. The van der Waals surface area contributed by atoms with E-state index in [9.17, 15) is 39.6 Å². The number of ketones is 1. The zero-order chi connectivity index (χ0) is 30.7. The van der Waals surface area contributed by atoms with E-state index in [0.717, 1.165) is 84.0 Å². The second-order valence-corrected chi connectivity index (χ2v) is 11.7. The molecule has 0 amide bonds. The Kier molecular flexibility index (Phi) is 19.0. The molecule has 0 fully saturated rings.